The van der Waals surface area contributed by atoms with Crippen molar-refractivity contribution in [3.8, 4) is 17.6 Å². The Morgan fingerprint density at radius 1 is 1.17 bits per heavy atom. The van der Waals surface area contributed by atoms with Crippen molar-refractivity contribution in [2.45, 2.75) is 32.7 Å². The number of nitrogens with one attached hydrogen (secondary N) is 1. The maximum absolute atomic E-state index is 5.75. The van der Waals surface area contributed by atoms with Crippen LogP contribution < -0.4 is 15.8 Å². The van der Waals surface area contributed by atoms with Gasteiger partial charge in [0, 0.05) is 30.4 Å². The summed E-state index contributed by atoms with van der Waals surface area (Å²) in [5.41, 5.74) is 7.18. The van der Waals surface area contributed by atoms with E-state index in [-0.39, 0.29) is 0 Å². The van der Waals surface area contributed by atoms with Gasteiger partial charge in [0.2, 0.25) is 5.76 Å². The Morgan fingerprint density at radius 2 is 2.00 bits per heavy atom. The van der Waals surface area contributed by atoms with E-state index < -0.39 is 0 Å². The molecule has 0 amide bonds. The second kappa shape index (κ2) is 11.8. The van der Waals surface area contributed by atoms with E-state index in [2.05, 4.69) is 38.8 Å². The topological polar surface area (TPSA) is 91.1 Å². The number of aromatic nitrogens is 3. The van der Waals surface area contributed by atoms with Gasteiger partial charge < -0.3 is 24.9 Å². The lowest BCUT2D eigenvalue weighted by molar-refractivity contribution is 0.308. The average Bonchev–Trinajstić information content (AvgIpc) is 3.42. The molecule has 0 saturated carbocycles. The van der Waals surface area contributed by atoms with Gasteiger partial charge in [-0.15, -0.1) is 0 Å². The van der Waals surface area contributed by atoms with Gasteiger partial charge in [-0.2, -0.15) is 0 Å². The van der Waals surface area contributed by atoms with E-state index in [1.807, 2.05) is 36.5 Å². The molecule has 3 aromatic rings. The third-order valence-corrected chi connectivity index (χ3v) is 4.52. The van der Waals surface area contributed by atoms with Crippen LogP contribution in [0.2, 0.25) is 0 Å². The highest BCUT2D eigenvalue weighted by molar-refractivity contribution is 5.41. The molecule has 2 heterocycles. The maximum Gasteiger partial charge on any atom is 0.210 e. The highest BCUT2D eigenvalue weighted by atomic mass is 16.5. The van der Waals surface area contributed by atoms with Crippen molar-refractivity contribution in [2.24, 2.45) is 5.73 Å². The average molecular weight is 408 g/mol. The molecule has 0 aliphatic heterocycles. The molecule has 158 valence electrons. The molecular weight excluding hydrogens is 378 g/mol. The van der Waals surface area contributed by atoms with Crippen molar-refractivity contribution in [3.63, 3.8) is 0 Å². The quantitative estimate of drug-likeness (QED) is 0.375. The summed E-state index contributed by atoms with van der Waals surface area (Å²) in [6.07, 6.45) is 6.58. The van der Waals surface area contributed by atoms with Gasteiger partial charge >= 0.3 is 0 Å². The van der Waals surface area contributed by atoms with Crippen LogP contribution in [0.3, 0.4) is 0 Å². The Kier molecular flexibility index (Phi) is 8.51. The van der Waals surface area contributed by atoms with Crippen LogP contribution in [0.4, 0.5) is 0 Å². The van der Waals surface area contributed by atoms with E-state index in [0.29, 0.717) is 18.9 Å². The van der Waals surface area contributed by atoms with E-state index >= 15 is 0 Å². The standard InChI is InChI=1S/C23H29N5O2/c1-2-23-26-14-15-28(23)18-20-17-22(30-27-20)10-7-19-5-8-21(9-6-19)29-16-4-13-25-12-3-11-24/h5-6,8-9,14-15,17,25H,2-4,11-13,16,18,24H2,1H3. The summed E-state index contributed by atoms with van der Waals surface area (Å²) >= 11 is 0. The Hall–Kier alpha value is -3.08. The molecule has 0 atom stereocenters. The number of hydrogen-bond acceptors (Lipinski definition) is 6. The molecule has 0 saturated heterocycles. The fourth-order valence-electron chi connectivity index (χ4n) is 2.93. The number of ether oxygens (including phenoxy) is 1. The van der Waals surface area contributed by atoms with Gasteiger partial charge in [-0.3, -0.25) is 0 Å². The van der Waals surface area contributed by atoms with E-state index in [0.717, 1.165) is 61.7 Å². The summed E-state index contributed by atoms with van der Waals surface area (Å²) in [6, 6.07) is 9.62. The first kappa shape index (κ1) is 21.6. The molecule has 30 heavy (non-hydrogen) atoms. The van der Waals surface area contributed by atoms with Gasteiger partial charge in [-0.1, -0.05) is 18.0 Å². The van der Waals surface area contributed by atoms with Crippen molar-refractivity contribution in [3.05, 3.63) is 65.6 Å². The van der Waals surface area contributed by atoms with Crippen LogP contribution in [0.1, 0.15) is 42.6 Å². The minimum Gasteiger partial charge on any atom is -0.494 e. The van der Waals surface area contributed by atoms with Crippen molar-refractivity contribution in [1.29, 1.82) is 0 Å². The summed E-state index contributed by atoms with van der Waals surface area (Å²) in [5.74, 6) is 8.54. The normalized spacial score (nSPS) is 10.6. The molecule has 2 aromatic heterocycles. The van der Waals surface area contributed by atoms with Gasteiger partial charge in [0.25, 0.3) is 0 Å². The third kappa shape index (κ3) is 6.76. The molecule has 0 unspecified atom stereocenters. The van der Waals surface area contributed by atoms with Crippen molar-refractivity contribution >= 4 is 0 Å². The fourth-order valence-corrected chi connectivity index (χ4v) is 2.93. The Labute approximate surface area is 177 Å². The zero-order chi connectivity index (χ0) is 21.0. The molecule has 0 aliphatic rings. The van der Waals surface area contributed by atoms with Crippen molar-refractivity contribution in [1.82, 2.24) is 20.0 Å². The summed E-state index contributed by atoms with van der Waals surface area (Å²) in [7, 11) is 0. The number of rotatable bonds is 11. The molecule has 0 radical (unpaired) electrons. The van der Waals surface area contributed by atoms with Gasteiger partial charge in [-0.25, -0.2) is 4.98 Å². The molecular formula is C23H29N5O2. The van der Waals surface area contributed by atoms with Gasteiger partial charge in [0.1, 0.15) is 17.3 Å². The van der Waals surface area contributed by atoms with E-state index in [9.17, 15) is 0 Å². The van der Waals surface area contributed by atoms with Gasteiger partial charge in [-0.05, 0) is 62.7 Å². The SMILES string of the molecule is CCc1nccn1Cc1cc(C#Cc2ccc(OCCCNCCCN)cc2)on1. The molecule has 0 aliphatic carbocycles. The van der Waals surface area contributed by atoms with E-state index in [1.165, 1.54) is 0 Å². The van der Waals surface area contributed by atoms with Crippen LogP contribution in [0, 0.1) is 11.8 Å². The summed E-state index contributed by atoms with van der Waals surface area (Å²) in [4.78, 5) is 4.32. The van der Waals surface area contributed by atoms with Crippen LogP contribution >= 0.6 is 0 Å². The number of hydrogen-bond donors (Lipinski definition) is 2. The number of aryl methyl sites for hydroxylation is 1. The molecule has 3 N–H and O–H groups in total. The van der Waals surface area contributed by atoms with Crippen molar-refractivity contribution in [2.75, 3.05) is 26.2 Å². The smallest absolute Gasteiger partial charge is 0.210 e. The lowest BCUT2D eigenvalue weighted by Crippen LogP contribution is -2.20. The fraction of sp³-hybridized carbons (Fsp3) is 0.391. The van der Waals surface area contributed by atoms with Crippen LogP contribution in [0.25, 0.3) is 0 Å². The predicted octanol–water partition coefficient (Wildman–Crippen LogP) is 2.59. The summed E-state index contributed by atoms with van der Waals surface area (Å²) in [5, 5.41) is 7.44. The maximum atomic E-state index is 5.75. The Bertz CT molecular complexity index is 950. The zero-order valence-electron chi connectivity index (χ0n) is 17.4. The first-order valence-corrected chi connectivity index (χ1v) is 10.4. The molecule has 1 aromatic carbocycles. The van der Waals surface area contributed by atoms with Crippen molar-refractivity contribution < 1.29 is 9.26 Å². The van der Waals surface area contributed by atoms with Gasteiger partial charge in [0.15, 0.2) is 0 Å². The number of imidazole rings is 1. The minimum atomic E-state index is 0.547. The monoisotopic (exact) mass is 407 g/mol. The van der Waals surface area contributed by atoms with Crippen LogP contribution in [-0.2, 0) is 13.0 Å². The molecule has 7 heteroatoms. The lowest BCUT2D eigenvalue weighted by atomic mass is 10.2. The first-order chi connectivity index (χ1) is 14.8. The Balaban J connectivity index is 1.45. The van der Waals surface area contributed by atoms with E-state index in [4.69, 9.17) is 15.0 Å². The van der Waals surface area contributed by atoms with Crippen LogP contribution in [0.15, 0.2) is 47.2 Å². The molecule has 0 fully saturated rings. The molecule has 0 spiro atoms. The first-order valence-electron chi connectivity index (χ1n) is 10.4. The summed E-state index contributed by atoms with van der Waals surface area (Å²) in [6.45, 7) is 6.00. The lowest BCUT2D eigenvalue weighted by Gasteiger charge is -2.07. The highest BCUT2D eigenvalue weighted by Gasteiger charge is 2.06. The second-order valence-electron chi connectivity index (χ2n) is 6.88. The number of nitrogens with zero attached hydrogens (tertiary/aromatic N) is 3. The molecule has 3 rings (SSSR count). The largest absolute Gasteiger partial charge is 0.494 e. The van der Waals surface area contributed by atoms with E-state index in [1.54, 1.807) is 6.20 Å². The molecule has 7 nitrogen and oxygen atoms in total. The summed E-state index contributed by atoms with van der Waals surface area (Å²) < 4.78 is 13.2. The third-order valence-electron chi connectivity index (χ3n) is 4.52. The zero-order valence-corrected chi connectivity index (χ0v) is 17.4. The van der Waals surface area contributed by atoms with Crippen LogP contribution in [0.5, 0.6) is 5.75 Å². The van der Waals surface area contributed by atoms with Crippen LogP contribution in [-0.4, -0.2) is 40.9 Å². The second-order valence-corrected chi connectivity index (χ2v) is 6.88. The molecule has 0 bridgehead atoms. The number of nitrogens with two attached hydrogens (primary N) is 1. The Morgan fingerprint density at radius 3 is 2.80 bits per heavy atom. The highest BCUT2D eigenvalue weighted by Crippen LogP contribution is 2.12. The number of benzene rings is 1. The van der Waals surface area contributed by atoms with Gasteiger partial charge in [0.05, 0.1) is 13.2 Å². The minimum absolute atomic E-state index is 0.547. The predicted molar refractivity (Wildman–Crippen MR) is 116 cm³/mol.